The van der Waals surface area contributed by atoms with E-state index >= 15 is 0 Å². The summed E-state index contributed by atoms with van der Waals surface area (Å²) in [4.78, 5) is 0. The lowest BCUT2D eigenvalue weighted by Gasteiger charge is -1.99. The fraction of sp³-hybridized carbons (Fsp3) is 0.778. The highest BCUT2D eigenvalue weighted by molar-refractivity contribution is 4.98. The Balaban J connectivity index is 1.81. The number of hydrogen-bond acceptors (Lipinski definition) is 2. The van der Waals surface area contributed by atoms with Gasteiger partial charge in [0.05, 0.1) is 18.5 Å². The molecule has 0 radical (unpaired) electrons. The Hall–Kier alpha value is -0.760. The van der Waals surface area contributed by atoms with Crippen molar-refractivity contribution in [2.75, 3.05) is 0 Å². The minimum absolute atomic E-state index is 0.562. The zero-order valence-corrected chi connectivity index (χ0v) is 13.1. The van der Waals surface area contributed by atoms with Crippen LogP contribution < -0.4 is 0 Å². The first-order valence-corrected chi connectivity index (χ1v) is 8.49. The Bertz CT molecular complexity index is 271. The van der Waals surface area contributed by atoms with Crippen LogP contribution in [-0.4, -0.2) is 17.3 Å². The molecule has 0 aromatic carbocycles. The standard InChI is InChI=1S/C18H32O2/c1-2-3-4-5-8-11-14-17-18(20-17)15-12-9-6-7-10-13-16-19/h7,10,13,16-19H,2-6,8-9,11-12,14-15H2,1H3/b10-7-,16-13+. The molecule has 0 saturated carbocycles. The first-order chi connectivity index (χ1) is 9.88. The second-order valence-corrected chi connectivity index (χ2v) is 5.82. The number of hydrogen-bond donors (Lipinski definition) is 1. The highest BCUT2D eigenvalue weighted by atomic mass is 16.6. The van der Waals surface area contributed by atoms with Crippen LogP contribution in [0.15, 0.2) is 24.5 Å². The third kappa shape index (κ3) is 9.19. The summed E-state index contributed by atoms with van der Waals surface area (Å²) in [6.07, 6.45) is 22.2. The lowest BCUT2D eigenvalue weighted by molar-refractivity contribution is 0.348. The van der Waals surface area contributed by atoms with Crippen molar-refractivity contribution in [3.05, 3.63) is 24.5 Å². The molecule has 2 heteroatoms. The van der Waals surface area contributed by atoms with E-state index in [1.54, 1.807) is 6.08 Å². The van der Waals surface area contributed by atoms with Gasteiger partial charge in [0, 0.05) is 0 Å². The first kappa shape index (κ1) is 17.3. The first-order valence-electron chi connectivity index (χ1n) is 8.49. The van der Waals surface area contributed by atoms with E-state index in [2.05, 4.69) is 13.0 Å². The topological polar surface area (TPSA) is 32.8 Å². The second-order valence-electron chi connectivity index (χ2n) is 5.82. The third-order valence-electron chi connectivity index (χ3n) is 3.97. The predicted octanol–water partition coefficient (Wildman–Crippen LogP) is 5.69. The Morgan fingerprint density at radius 2 is 1.50 bits per heavy atom. The molecule has 0 aliphatic carbocycles. The van der Waals surface area contributed by atoms with Crippen LogP contribution in [0.5, 0.6) is 0 Å². The number of epoxide rings is 1. The van der Waals surface area contributed by atoms with Gasteiger partial charge in [-0.3, -0.25) is 0 Å². The fourth-order valence-electron chi connectivity index (χ4n) is 2.65. The Kier molecular flexibility index (Phi) is 10.4. The van der Waals surface area contributed by atoms with Crippen LogP contribution in [0.4, 0.5) is 0 Å². The summed E-state index contributed by atoms with van der Waals surface area (Å²) < 4.78 is 5.73. The van der Waals surface area contributed by atoms with Gasteiger partial charge in [-0.2, -0.15) is 0 Å². The average molecular weight is 280 g/mol. The zero-order valence-electron chi connectivity index (χ0n) is 13.1. The number of aliphatic hydroxyl groups is 1. The Morgan fingerprint density at radius 3 is 2.20 bits per heavy atom. The molecule has 0 amide bonds. The molecule has 2 atom stereocenters. The van der Waals surface area contributed by atoms with Crippen molar-refractivity contribution in [1.29, 1.82) is 0 Å². The molecule has 0 spiro atoms. The summed E-state index contributed by atoms with van der Waals surface area (Å²) in [5.74, 6) is 0. The van der Waals surface area contributed by atoms with Gasteiger partial charge in [0.2, 0.25) is 0 Å². The quantitative estimate of drug-likeness (QED) is 0.203. The zero-order chi connectivity index (χ0) is 14.5. The number of ether oxygens (including phenoxy) is 1. The van der Waals surface area contributed by atoms with Gasteiger partial charge < -0.3 is 9.84 Å². The number of unbranched alkanes of at least 4 members (excludes halogenated alkanes) is 7. The Labute approximate surface area is 124 Å². The van der Waals surface area contributed by atoms with E-state index < -0.39 is 0 Å². The van der Waals surface area contributed by atoms with Gasteiger partial charge in [-0.25, -0.2) is 0 Å². The van der Waals surface area contributed by atoms with Gasteiger partial charge in [-0.1, -0.05) is 64.0 Å². The molecular formula is C18H32O2. The van der Waals surface area contributed by atoms with Crippen molar-refractivity contribution < 1.29 is 9.84 Å². The third-order valence-corrected chi connectivity index (χ3v) is 3.97. The van der Waals surface area contributed by atoms with Crippen molar-refractivity contribution in [1.82, 2.24) is 0 Å². The summed E-state index contributed by atoms with van der Waals surface area (Å²) in [6.45, 7) is 2.27. The minimum Gasteiger partial charge on any atom is -0.516 e. The van der Waals surface area contributed by atoms with E-state index in [0.717, 1.165) is 12.7 Å². The van der Waals surface area contributed by atoms with Crippen LogP contribution in [0, 0.1) is 0 Å². The van der Waals surface area contributed by atoms with Crippen molar-refractivity contribution in [3.63, 3.8) is 0 Å². The summed E-state index contributed by atoms with van der Waals surface area (Å²) in [7, 11) is 0. The normalized spacial score (nSPS) is 22.1. The van der Waals surface area contributed by atoms with Crippen LogP contribution >= 0.6 is 0 Å². The Morgan fingerprint density at radius 1 is 0.850 bits per heavy atom. The van der Waals surface area contributed by atoms with Gasteiger partial charge in [-0.15, -0.1) is 0 Å². The summed E-state index contributed by atoms with van der Waals surface area (Å²) in [6, 6.07) is 0. The molecule has 20 heavy (non-hydrogen) atoms. The monoisotopic (exact) mass is 280 g/mol. The smallest absolute Gasteiger partial charge is 0.0841 e. The molecular weight excluding hydrogens is 248 g/mol. The fourth-order valence-corrected chi connectivity index (χ4v) is 2.65. The van der Waals surface area contributed by atoms with E-state index in [-0.39, 0.29) is 0 Å². The molecule has 1 saturated heterocycles. The number of rotatable bonds is 13. The molecule has 1 aliphatic rings. The van der Waals surface area contributed by atoms with Crippen molar-refractivity contribution in [3.8, 4) is 0 Å². The molecule has 1 N–H and O–H groups in total. The van der Waals surface area contributed by atoms with Crippen LogP contribution in [0.25, 0.3) is 0 Å². The number of allylic oxidation sites excluding steroid dienone is 3. The molecule has 2 unspecified atom stereocenters. The van der Waals surface area contributed by atoms with E-state index in [9.17, 15) is 0 Å². The lowest BCUT2D eigenvalue weighted by atomic mass is 10.0. The maximum absolute atomic E-state index is 8.46. The maximum atomic E-state index is 8.46. The average Bonchev–Trinajstić information content (AvgIpc) is 3.20. The molecule has 2 nitrogen and oxygen atoms in total. The van der Waals surface area contributed by atoms with Crippen LogP contribution in [0.3, 0.4) is 0 Å². The highest BCUT2D eigenvalue weighted by Gasteiger charge is 2.36. The van der Waals surface area contributed by atoms with Crippen LogP contribution in [0.2, 0.25) is 0 Å². The molecule has 1 rings (SSSR count). The second kappa shape index (κ2) is 12.0. The van der Waals surface area contributed by atoms with Gasteiger partial charge in [0.25, 0.3) is 0 Å². The van der Waals surface area contributed by atoms with Crippen molar-refractivity contribution in [2.24, 2.45) is 0 Å². The summed E-state index contributed by atoms with van der Waals surface area (Å²) >= 11 is 0. The molecule has 0 aromatic rings. The van der Waals surface area contributed by atoms with Gasteiger partial charge in [0.15, 0.2) is 0 Å². The minimum atomic E-state index is 0.562. The largest absolute Gasteiger partial charge is 0.516 e. The van der Waals surface area contributed by atoms with E-state index in [0.29, 0.717) is 12.2 Å². The highest BCUT2D eigenvalue weighted by Crippen LogP contribution is 2.31. The lowest BCUT2D eigenvalue weighted by Crippen LogP contribution is -1.94. The van der Waals surface area contributed by atoms with E-state index in [4.69, 9.17) is 9.84 Å². The summed E-state index contributed by atoms with van der Waals surface area (Å²) in [5.41, 5.74) is 0. The van der Waals surface area contributed by atoms with Gasteiger partial charge in [0.1, 0.15) is 0 Å². The molecule has 1 heterocycles. The molecule has 0 bridgehead atoms. The molecule has 116 valence electrons. The van der Waals surface area contributed by atoms with Gasteiger partial charge >= 0.3 is 0 Å². The van der Waals surface area contributed by atoms with Crippen LogP contribution in [-0.2, 0) is 4.74 Å². The van der Waals surface area contributed by atoms with Crippen molar-refractivity contribution in [2.45, 2.75) is 89.8 Å². The molecule has 1 fully saturated rings. The molecule has 1 aliphatic heterocycles. The predicted molar refractivity (Wildman–Crippen MR) is 86.0 cm³/mol. The van der Waals surface area contributed by atoms with E-state index in [1.165, 1.54) is 64.2 Å². The maximum Gasteiger partial charge on any atom is 0.0841 e. The van der Waals surface area contributed by atoms with Crippen molar-refractivity contribution >= 4 is 0 Å². The van der Waals surface area contributed by atoms with E-state index in [1.807, 2.05) is 6.08 Å². The molecule has 0 aromatic heterocycles. The van der Waals surface area contributed by atoms with Crippen LogP contribution in [0.1, 0.15) is 77.6 Å². The number of aliphatic hydroxyl groups excluding tert-OH is 1. The SMILES string of the molecule is CCCCCCCCC1OC1CCCC/C=C\C=C\O. The summed E-state index contributed by atoms with van der Waals surface area (Å²) in [5, 5.41) is 8.46. The van der Waals surface area contributed by atoms with Gasteiger partial charge in [-0.05, 0) is 31.8 Å².